The summed E-state index contributed by atoms with van der Waals surface area (Å²) >= 11 is 0. The first-order valence-corrected chi connectivity index (χ1v) is 2.45. The Morgan fingerprint density at radius 3 is 0.867 bits per heavy atom. The smallest absolute Gasteiger partial charge is 0 e. The first kappa shape index (κ1) is 47.1. The maximum Gasteiger partial charge on any atom is 0 e. The molecule has 0 amide bonds. The molecule has 0 aromatic rings. The summed E-state index contributed by atoms with van der Waals surface area (Å²) in [4.78, 5) is 3.14. The third-order valence-corrected chi connectivity index (χ3v) is 0.258. The summed E-state index contributed by atoms with van der Waals surface area (Å²) in [5.74, 6) is 0. The van der Waals surface area contributed by atoms with Crippen LogP contribution >= 0.6 is 17.0 Å². The molecule has 0 aliphatic carbocycles. The zero-order valence-electron chi connectivity index (χ0n) is 7.94. The number of halogens is 1. The molecular formula is C8H8BrMnNO4. The van der Waals surface area contributed by atoms with Crippen molar-refractivity contribution >= 4 is 17.0 Å². The minimum Gasteiger partial charge on any atom is 0 e. The minimum absolute atomic E-state index is 0. The van der Waals surface area contributed by atoms with E-state index < -0.39 is 0 Å². The van der Waals surface area contributed by atoms with Gasteiger partial charge in [-0.15, -0.1) is 17.0 Å². The summed E-state index contributed by atoms with van der Waals surface area (Å²) in [6, 6.07) is 0.176. The number of hydrogen-bond acceptors (Lipinski definition) is 0. The SMILES string of the molecule is Br.[C-]#[N+]C(C)C.[C-]#[O+].[C-]#[O+].[C-]#[O+].[C-]#[O+].[Mn]. The Kier molecular flexibility index (Phi) is 550. The predicted molar refractivity (Wildman–Crippen MR) is 47.8 cm³/mol. The van der Waals surface area contributed by atoms with Crippen molar-refractivity contribution < 1.29 is 35.7 Å². The Morgan fingerprint density at radius 1 is 0.800 bits per heavy atom. The monoisotopic (exact) mass is 316 g/mol. The van der Waals surface area contributed by atoms with Crippen LogP contribution < -0.4 is 0 Å². The van der Waals surface area contributed by atoms with E-state index in [4.69, 9.17) is 25.2 Å². The van der Waals surface area contributed by atoms with Crippen LogP contribution in [-0.2, 0) is 35.7 Å². The fraction of sp³-hybridized carbons (Fsp3) is 0.375. The molecule has 0 spiro atoms. The Labute approximate surface area is 111 Å². The second-order valence-electron chi connectivity index (χ2n) is 1.22. The van der Waals surface area contributed by atoms with Gasteiger partial charge in [0.2, 0.25) is 6.04 Å². The van der Waals surface area contributed by atoms with Crippen LogP contribution in [0.5, 0.6) is 0 Å². The standard InChI is InChI=1S/C4H7N.4CO.BrH.Mn/c1-4(2)5-3;4*1-2;;/h4H,1-2H3;;;;;1H;. The summed E-state index contributed by atoms with van der Waals surface area (Å²) < 4.78 is 30.0. The number of rotatable bonds is 0. The van der Waals surface area contributed by atoms with Gasteiger partial charge in [-0.3, -0.25) is 0 Å². The van der Waals surface area contributed by atoms with Crippen molar-refractivity contribution in [1.82, 2.24) is 0 Å². The Hall–Kier alpha value is -0.551. The second-order valence-corrected chi connectivity index (χ2v) is 1.22. The number of hydrogen-bond donors (Lipinski definition) is 0. The van der Waals surface area contributed by atoms with Crippen molar-refractivity contribution in [3.8, 4) is 0 Å². The van der Waals surface area contributed by atoms with Crippen LogP contribution in [0.2, 0.25) is 0 Å². The molecule has 15 heavy (non-hydrogen) atoms. The van der Waals surface area contributed by atoms with Crippen molar-refractivity contribution in [3.05, 3.63) is 38.0 Å². The molecule has 0 bridgehead atoms. The van der Waals surface area contributed by atoms with Crippen molar-refractivity contribution in [2.45, 2.75) is 19.9 Å². The molecule has 83 valence electrons. The largest absolute Gasteiger partial charge is 0 e. The molecule has 0 heterocycles. The van der Waals surface area contributed by atoms with Crippen LogP contribution in [0.15, 0.2) is 0 Å². The van der Waals surface area contributed by atoms with Crippen LogP contribution in [-0.4, -0.2) is 6.04 Å². The molecule has 0 aliphatic rings. The Balaban J connectivity index is -0.0000000113. The first-order chi connectivity index (χ1) is 6.27. The van der Waals surface area contributed by atoms with Gasteiger partial charge in [-0.1, -0.05) is 0 Å². The Morgan fingerprint density at radius 2 is 0.867 bits per heavy atom. The molecule has 0 atom stereocenters. The van der Waals surface area contributed by atoms with Gasteiger partial charge >= 0.3 is 45.2 Å². The molecule has 0 unspecified atom stereocenters. The third-order valence-electron chi connectivity index (χ3n) is 0.258. The van der Waals surface area contributed by atoms with Crippen molar-refractivity contribution in [3.63, 3.8) is 0 Å². The fourth-order valence-electron chi connectivity index (χ4n) is 0. The molecule has 0 aromatic carbocycles. The van der Waals surface area contributed by atoms with E-state index in [-0.39, 0.29) is 40.1 Å². The average molecular weight is 317 g/mol. The van der Waals surface area contributed by atoms with Crippen LogP contribution in [0.25, 0.3) is 4.85 Å². The quantitative estimate of drug-likeness (QED) is 0.370. The van der Waals surface area contributed by atoms with Crippen LogP contribution in [0.4, 0.5) is 0 Å². The molecule has 0 saturated heterocycles. The summed E-state index contributed by atoms with van der Waals surface area (Å²) in [6.45, 7) is 28.0. The van der Waals surface area contributed by atoms with Gasteiger partial charge in [0, 0.05) is 30.9 Å². The predicted octanol–water partition coefficient (Wildman–Crippen LogP) is 1.74. The maximum absolute atomic E-state index is 7.50. The van der Waals surface area contributed by atoms with Gasteiger partial charge < -0.3 is 4.85 Å². The molecular weight excluding hydrogens is 309 g/mol. The van der Waals surface area contributed by atoms with E-state index in [2.05, 4.69) is 31.4 Å². The van der Waals surface area contributed by atoms with E-state index >= 15 is 0 Å². The van der Waals surface area contributed by atoms with Crippen LogP contribution in [0.3, 0.4) is 0 Å². The van der Waals surface area contributed by atoms with Gasteiger partial charge in [-0.05, 0) is 0 Å². The normalized spacial score (nSPS) is 3.07. The van der Waals surface area contributed by atoms with E-state index in [0.717, 1.165) is 0 Å². The van der Waals surface area contributed by atoms with Gasteiger partial charge in [-0.2, -0.15) is 0 Å². The molecule has 0 rings (SSSR count). The van der Waals surface area contributed by atoms with Crippen molar-refractivity contribution in [1.29, 1.82) is 0 Å². The topological polar surface area (TPSA) is 84.0 Å². The fourth-order valence-corrected chi connectivity index (χ4v) is 0. The van der Waals surface area contributed by atoms with E-state index in [1.54, 1.807) is 0 Å². The summed E-state index contributed by atoms with van der Waals surface area (Å²) in [7, 11) is 0. The van der Waals surface area contributed by atoms with Gasteiger partial charge in [-0.25, -0.2) is 6.57 Å². The van der Waals surface area contributed by atoms with Gasteiger partial charge in [0.15, 0.2) is 0 Å². The number of nitrogens with zero attached hydrogens (tertiary/aromatic N) is 1. The van der Waals surface area contributed by atoms with E-state index in [1.807, 2.05) is 13.8 Å². The van der Waals surface area contributed by atoms with Crippen LogP contribution in [0, 0.1) is 33.2 Å². The molecule has 0 saturated carbocycles. The molecule has 0 N–H and O–H groups in total. The molecule has 7 heteroatoms. The second kappa shape index (κ2) is 175. The average Bonchev–Trinajstić information content (AvgIpc) is 2.29. The zero-order chi connectivity index (χ0) is 12.3. The van der Waals surface area contributed by atoms with E-state index in [0.29, 0.717) is 0 Å². The maximum atomic E-state index is 7.50. The van der Waals surface area contributed by atoms with E-state index in [9.17, 15) is 0 Å². The van der Waals surface area contributed by atoms with Gasteiger partial charge in [0.05, 0.1) is 0 Å². The molecule has 0 fully saturated rings. The van der Waals surface area contributed by atoms with Crippen molar-refractivity contribution in [2.24, 2.45) is 0 Å². The summed E-state index contributed by atoms with van der Waals surface area (Å²) in [5, 5.41) is 0. The van der Waals surface area contributed by atoms with E-state index in [1.165, 1.54) is 0 Å². The molecule has 0 aromatic heterocycles. The molecule has 1 radical (unpaired) electrons. The summed E-state index contributed by atoms with van der Waals surface area (Å²) in [6.07, 6.45) is 0. The molecule has 5 nitrogen and oxygen atoms in total. The van der Waals surface area contributed by atoms with Crippen molar-refractivity contribution in [2.75, 3.05) is 0 Å². The third kappa shape index (κ3) is 839. The minimum atomic E-state index is 0. The molecule has 0 aliphatic heterocycles. The van der Waals surface area contributed by atoms with Gasteiger partial charge in [0.1, 0.15) is 0 Å². The Bertz CT molecular complexity index is 157. The summed E-state index contributed by atoms with van der Waals surface area (Å²) in [5.41, 5.74) is 0. The first-order valence-electron chi connectivity index (χ1n) is 2.45. The van der Waals surface area contributed by atoms with Gasteiger partial charge in [0.25, 0.3) is 0 Å². The zero-order valence-corrected chi connectivity index (χ0v) is 10.8. The van der Waals surface area contributed by atoms with Crippen LogP contribution in [0.1, 0.15) is 13.8 Å².